The van der Waals surface area contributed by atoms with Crippen molar-refractivity contribution in [2.45, 2.75) is 39.2 Å². The molecule has 3 aromatic rings. The Labute approximate surface area is 216 Å². The molecule has 0 saturated carbocycles. The Hall–Kier alpha value is -3.29. The summed E-state index contributed by atoms with van der Waals surface area (Å²) in [6, 6.07) is 17.0. The lowest BCUT2D eigenvalue weighted by atomic mass is 9.85. The Morgan fingerprint density at radius 1 is 1.08 bits per heavy atom. The lowest BCUT2D eigenvalue weighted by Crippen LogP contribution is -2.36. The molecule has 36 heavy (non-hydrogen) atoms. The fraction of sp³-hybridized carbons (Fsp3) is 0.345. The molecule has 1 aliphatic heterocycles. The zero-order valence-electron chi connectivity index (χ0n) is 21.7. The molecular weight excluding hydrogens is 470 g/mol. The Bertz CT molecular complexity index is 1300. The van der Waals surface area contributed by atoms with Crippen LogP contribution in [0.25, 0.3) is 10.6 Å². The number of aliphatic hydroxyl groups excluding tert-OH is 1. The Morgan fingerprint density at radius 2 is 1.72 bits per heavy atom. The van der Waals surface area contributed by atoms with Gasteiger partial charge in [0.1, 0.15) is 5.01 Å². The van der Waals surface area contributed by atoms with Crippen molar-refractivity contribution in [2.24, 2.45) is 0 Å². The molecule has 1 amide bonds. The highest BCUT2D eigenvalue weighted by molar-refractivity contribution is 7.17. The Morgan fingerprint density at radius 3 is 2.31 bits per heavy atom. The van der Waals surface area contributed by atoms with Gasteiger partial charge in [-0.2, -0.15) is 0 Å². The van der Waals surface area contributed by atoms with Crippen molar-refractivity contribution < 1.29 is 14.7 Å². The maximum absolute atomic E-state index is 13.9. The van der Waals surface area contributed by atoms with Crippen molar-refractivity contribution in [2.75, 3.05) is 27.2 Å². The predicted molar refractivity (Wildman–Crippen MR) is 144 cm³/mol. The van der Waals surface area contributed by atoms with E-state index in [1.54, 1.807) is 11.8 Å². The van der Waals surface area contributed by atoms with Crippen LogP contribution in [0.1, 0.15) is 53.3 Å². The van der Waals surface area contributed by atoms with E-state index in [4.69, 9.17) is 0 Å². The molecule has 2 heterocycles. The van der Waals surface area contributed by atoms with Crippen LogP contribution < -0.4 is 0 Å². The molecule has 4 rings (SSSR count). The van der Waals surface area contributed by atoms with Crippen LogP contribution in [-0.4, -0.2) is 58.8 Å². The van der Waals surface area contributed by atoms with Gasteiger partial charge in [-0.1, -0.05) is 75.4 Å². The summed E-state index contributed by atoms with van der Waals surface area (Å²) in [5, 5.41) is 11.7. The van der Waals surface area contributed by atoms with Gasteiger partial charge in [0.15, 0.2) is 5.76 Å². The highest BCUT2D eigenvalue weighted by Crippen LogP contribution is 2.41. The van der Waals surface area contributed by atoms with E-state index in [0.29, 0.717) is 23.7 Å². The van der Waals surface area contributed by atoms with E-state index in [-0.39, 0.29) is 16.8 Å². The number of amides is 1. The number of aliphatic hydroxyl groups is 1. The number of nitrogens with zero attached hydrogens (tertiary/aromatic N) is 3. The van der Waals surface area contributed by atoms with Crippen LogP contribution in [0, 0.1) is 6.92 Å². The average molecular weight is 504 g/mol. The lowest BCUT2D eigenvalue weighted by Gasteiger charge is -2.28. The van der Waals surface area contributed by atoms with Gasteiger partial charge in [-0.05, 0) is 37.6 Å². The first-order chi connectivity index (χ1) is 17.0. The first kappa shape index (κ1) is 25.8. The van der Waals surface area contributed by atoms with Crippen LogP contribution in [0.3, 0.4) is 0 Å². The van der Waals surface area contributed by atoms with Gasteiger partial charge in [0, 0.05) is 18.7 Å². The SMILES string of the molecule is Cc1nc(-c2ccccc2)sc1C(=O)C1=C(O)C(=O)N(CCN(C)C)C1c1ccc(C(C)(C)C)cc1. The number of aryl methyl sites for hydroxylation is 1. The Balaban J connectivity index is 1.77. The Kier molecular flexibility index (Phi) is 7.16. The number of rotatable bonds is 7. The largest absolute Gasteiger partial charge is 0.503 e. The van der Waals surface area contributed by atoms with Crippen molar-refractivity contribution in [1.29, 1.82) is 0 Å². The van der Waals surface area contributed by atoms with Gasteiger partial charge in [-0.15, -0.1) is 11.3 Å². The molecular formula is C29H33N3O3S. The second-order valence-electron chi connectivity index (χ2n) is 10.5. The normalized spacial score (nSPS) is 16.4. The number of benzene rings is 2. The number of Topliss-reactive ketones (excluding diaryl/α,β-unsaturated/α-hetero) is 1. The minimum atomic E-state index is -0.666. The van der Waals surface area contributed by atoms with Crippen molar-refractivity contribution in [1.82, 2.24) is 14.8 Å². The first-order valence-electron chi connectivity index (χ1n) is 12.1. The number of ketones is 1. The van der Waals surface area contributed by atoms with Crippen LogP contribution in [0.4, 0.5) is 0 Å². The molecule has 7 heteroatoms. The summed E-state index contributed by atoms with van der Waals surface area (Å²) >= 11 is 1.29. The maximum atomic E-state index is 13.9. The van der Waals surface area contributed by atoms with Crippen LogP contribution in [0.15, 0.2) is 65.9 Å². The summed E-state index contributed by atoms with van der Waals surface area (Å²) in [5.74, 6) is -1.34. The second kappa shape index (κ2) is 9.99. The van der Waals surface area contributed by atoms with Gasteiger partial charge in [-0.3, -0.25) is 9.59 Å². The van der Waals surface area contributed by atoms with Crippen molar-refractivity contribution >= 4 is 23.0 Å². The van der Waals surface area contributed by atoms with Gasteiger partial charge in [0.25, 0.3) is 5.91 Å². The van der Waals surface area contributed by atoms with Gasteiger partial charge >= 0.3 is 0 Å². The number of likely N-dealkylation sites (N-methyl/N-ethyl adjacent to an activating group) is 1. The molecule has 0 saturated heterocycles. The number of carbonyl (C=O) groups excluding carboxylic acids is 2. The standard InChI is InChI=1S/C29H33N3O3S/c1-18-26(36-27(30-18)20-10-8-7-9-11-20)24(33)22-23(19-12-14-21(15-13-19)29(2,3)4)32(17-16-31(5)6)28(35)25(22)34/h7-15,23,34H,16-17H2,1-6H3. The molecule has 1 aromatic heterocycles. The zero-order chi connectivity index (χ0) is 26.2. The topological polar surface area (TPSA) is 73.7 Å². The average Bonchev–Trinajstić information content (AvgIpc) is 3.35. The molecule has 188 valence electrons. The smallest absolute Gasteiger partial charge is 0.290 e. The van der Waals surface area contributed by atoms with Crippen LogP contribution in [0.2, 0.25) is 0 Å². The fourth-order valence-electron chi connectivity index (χ4n) is 4.37. The number of aromatic nitrogens is 1. The summed E-state index contributed by atoms with van der Waals surface area (Å²) in [7, 11) is 3.86. The summed E-state index contributed by atoms with van der Waals surface area (Å²) in [6.45, 7) is 9.21. The third-order valence-electron chi connectivity index (χ3n) is 6.45. The third-order valence-corrected chi connectivity index (χ3v) is 7.66. The summed E-state index contributed by atoms with van der Waals surface area (Å²) < 4.78 is 0. The van der Waals surface area contributed by atoms with Crippen LogP contribution in [-0.2, 0) is 10.2 Å². The molecule has 0 spiro atoms. The van der Waals surface area contributed by atoms with Gasteiger partial charge in [0.2, 0.25) is 5.78 Å². The summed E-state index contributed by atoms with van der Waals surface area (Å²) in [6.07, 6.45) is 0. The van der Waals surface area contributed by atoms with E-state index in [2.05, 4.69) is 25.8 Å². The molecule has 0 bridgehead atoms. The number of carbonyl (C=O) groups is 2. The quantitative estimate of drug-likeness (QED) is 0.428. The van der Waals surface area contributed by atoms with Crippen molar-refractivity contribution in [3.05, 3.63) is 87.6 Å². The van der Waals surface area contributed by atoms with E-state index in [9.17, 15) is 14.7 Å². The third kappa shape index (κ3) is 4.99. The molecule has 6 nitrogen and oxygen atoms in total. The minimum Gasteiger partial charge on any atom is -0.503 e. The molecule has 0 aliphatic carbocycles. The monoisotopic (exact) mass is 503 g/mol. The number of hydrogen-bond acceptors (Lipinski definition) is 6. The fourth-order valence-corrected chi connectivity index (χ4v) is 5.40. The molecule has 0 radical (unpaired) electrons. The van der Waals surface area contributed by atoms with Crippen LogP contribution >= 0.6 is 11.3 Å². The van der Waals surface area contributed by atoms with E-state index < -0.39 is 17.7 Å². The highest BCUT2D eigenvalue weighted by Gasteiger charge is 2.44. The lowest BCUT2D eigenvalue weighted by molar-refractivity contribution is -0.129. The van der Waals surface area contributed by atoms with E-state index in [0.717, 1.165) is 21.7 Å². The summed E-state index contributed by atoms with van der Waals surface area (Å²) in [4.78, 5) is 35.8. The van der Waals surface area contributed by atoms with E-state index in [1.165, 1.54) is 11.3 Å². The van der Waals surface area contributed by atoms with Crippen LogP contribution in [0.5, 0.6) is 0 Å². The molecule has 1 N–H and O–H groups in total. The van der Waals surface area contributed by atoms with Gasteiger partial charge < -0.3 is 14.9 Å². The highest BCUT2D eigenvalue weighted by atomic mass is 32.1. The number of thiazole rings is 1. The molecule has 0 fully saturated rings. The molecule has 1 aliphatic rings. The molecule has 1 atom stereocenters. The summed E-state index contributed by atoms with van der Waals surface area (Å²) in [5.41, 5.74) is 3.56. The minimum absolute atomic E-state index is 0.0289. The van der Waals surface area contributed by atoms with E-state index >= 15 is 0 Å². The van der Waals surface area contributed by atoms with Gasteiger partial charge in [0.05, 0.1) is 22.2 Å². The van der Waals surface area contributed by atoms with Crippen molar-refractivity contribution in [3.8, 4) is 10.6 Å². The second-order valence-corrected chi connectivity index (χ2v) is 11.5. The molecule has 1 unspecified atom stereocenters. The van der Waals surface area contributed by atoms with Crippen molar-refractivity contribution in [3.63, 3.8) is 0 Å². The van der Waals surface area contributed by atoms with Gasteiger partial charge in [-0.25, -0.2) is 4.98 Å². The maximum Gasteiger partial charge on any atom is 0.290 e. The first-order valence-corrected chi connectivity index (χ1v) is 12.9. The van der Waals surface area contributed by atoms with E-state index in [1.807, 2.05) is 73.6 Å². The predicted octanol–water partition coefficient (Wildman–Crippen LogP) is 5.56. The zero-order valence-corrected chi connectivity index (χ0v) is 22.5. The number of hydrogen-bond donors (Lipinski definition) is 1. The molecule has 2 aromatic carbocycles.